The van der Waals surface area contributed by atoms with E-state index in [2.05, 4.69) is 5.32 Å². The largest absolute Gasteiger partial charge is 0.296 e. The van der Waals surface area contributed by atoms with Gasteiger partial charge in [0.05, 0.1) is 5.92 Å². The van der Waals surface area contributed by atoms with Gasteiger partial charge in [0.1, 0.15) is 0 Å². The normalized spacial score (nSPS) is 20.5. The third kappa shape index (κ3) is 1.65. The maximum atomic E-state index is 11.5. The van der Waals surface area contributed by atoms with Crippen LogP contribution in [0.1, 0.15) is 29.0 Å². The van der Waals surface area contributed by atoms with Gasteiger partial charge >= 0.3 is 0 Å². The number of benzene rings is 1. The Morgan fingerprint density at radius 1 is 1.27 bits per heavy atom. The SMILES string of the molecule is Cc1cccc(C2CC(=O)NC2=O)c1C. The van der Waals surface area contributed by atoms with E-state index in [9.17, 15) is 9.59 Å². The molecule has 1 atom stereocenters. The predicted octanol–water partition coefficient (Wildman–Crippen LogP) is 1.43. The first-order valence-corrected chi connectivity index (χ1v) is 4.99. The molecule has 3 heteroatoms. The van der Waals surface area contributed by atoms with E-state index in [0.717, 1.165) is 16.7 Å². The second-order valence-electron chi connectivity index (χ2n) is 3.96. The van der Waals surface area contributed by atoms with Crippen LogP contribution in [0.3, 0.4) is 0 Å². The molecule has 1 unspecified atom stereocenters. The number of nitrogens with one attached hydrogen (secondary N) is 1. The van der Waals surface area contributed by atoms with Crippen molar-refractivity contribution in [3.05, 3.63) is 34.9 Å². The molecular weight excluding hydrogens is 190 g/mol. The summed E-state index contributed by atoms with van der Waals surface area (Å²) in [7, 11) is 0. The van der Waals surface area contributed by atoms with Gasteiger partial charge in [-0.3, -0.25) is 14.9 Å². The van der Waals surface area contributed by atoms with E-state index in [-0.39, 0.29) is 24.2 Å². The van der Waals surface area contributed by atoms with E-state index in [4.69, 9.17) is 0 Å². The van der Waals surface area contributed by atoms with E-state index >= 15 is 0 Å². The average Bonchev–Trinajstić information content (AvgIpc) is 2.50. The number of imide groups is 1. The Kier molecular flexibility index (Phi) is 2.31. The minimum atomic E-state index is -0.294. The van der Waals surface area contributed by atoms with Crippen LogP contribution in [0.15, 0.2) is 18.2 Å². The lowest BCUT2D eigenvalue weighted by Gasteiger charge is -2.11. The summed E-state index contributed by atoms with van der Waals surface area (Å²) in [6.45, 7) is 3.99. The van der Waals surface area contributed by atoms with Crippen molar-refractivity contribution < 1.29 is 9.59 Å². The molecule has 1 heterocycles. The molecule has 0 spiro atoms. The van der Waals surface area contributed by atoms with Crippen LogP contribution in [0, 0.1) is 13.8 Å². The van der Waals surface area contributed by atoms with Gasteiger partial charge in [-0.2, -0.15) is 0 Å². The van der Waals surface area contributed by atoms with Gasteiger partial charge in [-0.1, -0.05) is 18.2 Å². The zero-order chi connectivity index (χ0) is 11.0. The first-order valence-electron chi connectivity index (χ1n) is 4.99. The molecular formula is C12H13NO2. The van der Waals surface area contributed by atoms with Crippen molar-refractivity contribution in [1.29, 1.82) is 0 Å². The molecule has 1 aliphatic rings. The van der Waals surface area contributed by atoms with Gasteiger partial charge in [-0.05, 0) is 30.5 Å². The molecule has 3 nitrogen and oxygen atoms in total. The van der Waals surface area contributed by atoms with Crippen LogP contribution in [0.2, 0.25) is 0 Å². The number of hydrogen-bond donors (Lipinski definition) is 1. The van der Waals surface area contributed by atoms with Gasteiger partial charge < -0.3 is 0 Å². The first kappa shape index (κ1) is 9.90. The monoisotopic (exact) mass is 203 g/mol. The number of rotatable bonds is 1. The van der Waals surface area contributed by atoms with Crippen LogP contribution in [0.25, 0.3) is 0 Å². The highest BCUT2D eigenvalue weighted by molar-refractivity contribution is 6.06. The fourth-order valence-corrected chi connectivity index (χ4v) is 1.96. The number of carbonyl (C=O) groups is 2. The lowest BCUT2D eigenvalue weighted by Crippen LogP contribution is -2.21. The smallest absolute Gasteiger partial charge is 0.234 e. The van der Waals surface area contributed by atoms with Gasteiger partial charge in [0.25, 0.3) is 0 Å². The molecule has 2 amide bonds. The molecule has 1 aromatic rings. The van der Waals surface area contributed by atoms with Gasteiger partial charge in [0.2, 0.25) is 11.8 Å². The van der Waals surface area contributed by atoms with Crippen molar-refractivity contribution in [2.45, 2.75) is 26.2 Å². The molecule has 1 aliphatic heterocycles. The number of aryl methyl sites for hydroxylation is 1. The summed E-state index contributed by atoms with van der Waals surface area (Å²) in [4.78, 5) is 22.6. The summed E-state index contributed by atoms with van der Waals surface area (Å²) in [5.41, 5.74) is 3.23. The predicted molar refractivity (Wildman–Crippen MR) is 56.4 cm³/mol. The van der Waals surface area contributed by atoms with Crippen molar-refractivity contribution in [3.8, 4) is 0 Å². The zero-order valence-electron chi connectivity index (χ0n) is 8.83. The van der Waals surface area contributed by atoms with Crippen LogP contribution in [-0.4, -0.2) is 11.8 Å². The molecule has 0 aromatic heterocycles. The van der Waals surface area contributed by atoms with Gasteiger partial charge in [0.15, 0.2) is 0 Å². The fourth-order valence-electron chi connectivity index (χ4n) is 1.96. The Morgan fingerprint density at radius 2 is 2.00 bits per heavy atom. The van der Waals surface area contributed by atoms with Crippen LogP contribution in [-0.2, 0) is 9.59 Å². The highest BCUT2D eigenvalue weighted by Crippen LogP contribution is 2.28. The third-order valence-electron chi connectivity index (χ3n) is 2.99. The maximum Gasteiger partial charge on any atom is 0.234 e. The van der Waals surface area contributed by atoms with Crippen LogP contribution in [0.4, 0.5) is 0 Å². The molecule has 0 radical (unpaired) electrons. The molecule has 0 saturated carbocycles. The number of carbonyl (C=O) groups excluding carboxylic acids is 2. The maximum absolute atomic E-state index is 11.5. The molecule has 1 fully saturated rings. The highest BCUT2D eigenvalue weighted by atomic mass is 16.2. The molecule has 2 rings (SSSR count). The van der Waals surface area contributed by atoms with Crippen molar-refractivity contribution in [2.24, 2.45) is 0 Å². The second kappa shape index (κ2) is 3.50. The summed E-state index contributed by atoms with van der Waals surface area (Å²) < 4.78 is 0. The van der Waals surface area contributed by atoms with E-state index < -0.39 is 0 Å². The topological polar surface area (TPSA) is 46.2 Å². The van der Waals surface area contributed by atoms with Crippen molar-refractivity contribution in [1.82, 2.24) is 5.32 Å². The zero-order valence-corrected chi connectivity index (χ0v) is 8.83. The molecule has 1 aromatic carbocycles. The molecule has 1 saturated heterocycles. The van der Waals surface area contributed by atoms with Crippen LogP contribution in [0.5, 0.6) is 0 Å². The van der Waals surface area contributed by atoms with E-state index in [1.165, 1.54) is 0 Å². The second-order valence-corrected chi connectivity index (χ2v) is 3.96. The molecule has 15 heavy (non-hydrogen) atoms. The fraction of sp³-hybridized carbons (Fsp3) is 0.333. The minimum Gasteiger partial charge on any atom is -0.296 e. The van der Waals surface area contributed by atoms with E-state index in [1.807, 2.05) is 32.0 Å². The Labute approximate surface area is 88.5 Å². The molecule has 1 N–H and O–H groups in total. The van der Waals surface area contributed by atoms with E-state index in [0.29, 0.717) is 0 Å². The standard InChI is InChI=1S/C12H13NO2/c1-7-4-3-5-9(8(7)2)10-6-11(14)13-12(10)15/h3-5,10H,6H2,1-2H3,(H,13,14,15). The summed E-state index contributed by atoms with van der Waals surface area (Å²) >= 11 is 0. The van der Waals surface area contributed by atoms with Gasteiger partial charge in [0, 0.05) is 6.42 Å². The average molecular weight is 203 g/mol. The Balaban J connectivity index is 2.42. The lowest BCUT2D eigenvalue weighted by molar-refractivity contribution is -0.125. The summed E-state index contributed by atoms with van der Waals surface area (Å²) in [5.74, 6) is -0.642. The number of hydrogen-bond acceptors (Lipinski definition) is 2. The third-order valence-corrected chi connectivity index (χ3v) is 2.99. The Hall–Kier alpha value is -1.64. The van der Waals surface area contributed by atoms with Gasteiger partial charge in [-0.15, -0.1) is 0 Å². The van der Waals surface area contributed by atoms with Crippen molar-refractivity contribution in [2.75, 3.05) is 0 Å². The van der Waals surface area contributed by atoms with Gasteiger partial charge in [-0.25, -0.2) is 0 Å². The summed E-state index contributed by atoms with van der Waals surface area (Å²) in [5, 5.41) is 2.33. The molecule has 78 valence electrons. The highest BCUT2D eigenvalue weighted by Gasteiger charge is 2.32. The van der Waals surface area contributed by atoms with Crippen LogP contribution < -0.4 is 5.32 Å². The Morgan fingerprint density at radius 3 is 2.60 bits per heavy atom. The minimum absolute atomic E-state index is 0.172. The quantitative estimate of drug-likeness (QED) is 0.702. The van der Waals surface area contributed by atoms with E-state index in [1.54, 1.807) is 0 Å². The summed E-state index contributed by atoms with van der Waals surface area (Å²) in [6.07, 6.45) is 0.281. The first-order chi connectivity index (χ1) is 7.09. The molecule has 0 aliphatic carbocycles. The molecule has 0 bridgehead atoms. The lowest BCUT2D eigenvalue weighted by atomic mass is 9.91. The summed E-state index contributed by atoms with van der Waals surface area (Å²) in [6, 6.07) is 5.85. The van der Waals surface area contributed by atoms with Crippen LogP contribution >= 0.6 is 0 Å². The van der Waals surface area contributed by atoms with Crippen molar-refractivity contribution in [3.63, 3.8) is 0 Å². The van der Waals surface area contributed by atoms with Crippen molar-refractivity contribution >= 4 is 11.8 Å². The Bertz CT molecular complexity index is 437. The number of amides is 2.